The molecule has 0 spiro atoms. The number of halogens is 1. The molecule has 0 N–H and O–H groups in total. The molecule has 0 saturated carbocycles. The van der Waals surface area contributed by atoms with Gasteiger partial charge in [-0.3, -0.25) is 0 Å². The number of hydrogen-bond acceptors (Lipinski definition) is 2. The molecule has 0 radical (unpaired) electrons. The van der Waals surface area contributed by atoms with E-state index in [-0.39, 0.29) is 0 Å². The van der Waals surface area contributed by atoms with Gasteiger partial charge < -0.3 is 0 Å². The van der Waals surface area contributed by atoms with Gasteiger partial charge in [0.2, 0.25) is 10.0 Å². The van der Waals surface area contributed by atoms with Gasteiger partial charge in [0.25, 0.3) is 0 Å². The molecule has 126 valence electrons. The predicted molar refractivity (Wildman–Crippen MR) is 98.7 cm³/mol. The van der Waals surface area contributed by atoms with Crippen molar-refractivity contribution in [3.63, 3.8) is 0 Å². The molecule has 0 aromatic heterocycles. The first-order valence-corrected chi connectivity index (χ1v) is 9.73. The van der Waals surface area contributed by atoms with Crippen LogP contribution in [0.3, 0.4) is 0 Å². The largest absolute Gasteiger partial charge is 0.243 e. The summed E-state index contributed by atoms with van der Waals surface area (Å²) in [5.74, 6) is 0. The molecule has 2 aromatic carbocycles. The zero-order valence-corrected chi connectivity index (χ0v) is 15.4. The van der Waals surface area contributed by atoms with Crippen molar-refractivity contribution in [2.75, 3.05) is 13.1 Å². The molecule has 0 unspecified atom stereocenters. The molecule has 0 bridgehead atoms. The van der Waals surface area contributed by atoms with Crippen molar-refractivity contribution in [1.82, 2.24) is 4.31 Å². The average Bonchev–Trinajstić information content (AvgIpc) is 2.59. The zero-order valence-electron chi connectivity index (χ0n) is 13.8. The third-order valence-electron chi connectivity index (χ3n) is 4.39. The summed E-state index contributed by atoms with van der Waals surface area (Å²) < 4.78 is 27.5. The molecular weight excluding hydrogens is 342 g/mol. The van der Waals surface area contributed by atoms with Crippen molar-refractivity contribution < 1.29 is 8.42 Å². The fourth-order valence-electron chi connectivity index (χ4n) is 2.95. The lowest BCUT2D eigenvalue weighted by molar-refractivity contribution is 0.441. The monoisotopic (exact) mass is 361 g/mol. The maximum atomic E-state index is 13.0. The standard InChI is InChI=1S/C19H20ClNO2S/c1-14-13-19(15(2)12-18(14)20)24(22,23)21-10-8-17(9-11-21)16-6-4-3-5-7-16/h3-8,12-13H,9-11H2,1-2H3. The van der Waals surface area contributed by atoms with Crippen molar-refractivity contribution in [3.8, 4) is 0 Å². The molecule has 2 aromatic rings. The Balaban J connectivity index is 1.88. The second-order valence-corrected chi connectivity index (χ2v) is 8.39. The molecule has 0 aliphatic carbocycles. The summed E-state index contributed by atoms with van der Waals surface area (Å²) in [6, 6.07) is 13.5. The van der Waals surface area contributed by atoms with E-state index in [9.17, 15) is 8.42 Å². The van der Waals surface area contributed by atoms with Crippen LogP contribution in [0.15, 0.2) is 53.4 Å². The lowest BCUT2D eigenvalue weighted by atomic mass is 10.0. The first-order chi connectivity index (χ1) is 11.4. The summed E-state index contributed by atoms with van der Waals surface area (Å²) in [6.45, 7) is 4.50. The number of hydrogen-bond donors (Lipinski definition) is 0. The fourth-order valence-corrected chi connectivity index (χ4v) is 4.85. The summed E-state index contributed by atoms with van der Waals surface area (Å²) in [4.78, 5) is 0.348. The van der Waals surface area contributed by atoms with Gasteiger partial charge in [-0.2, -0.15) is 4.31 Å². The van der Waals surface area contributed by atoms with Crippen LogP contribution in [-0.2, 0) is 10.0 Å². The Hall–Kier alpha value is -1.62. The number of nitrogens with zero attached hydrogens (tertiary/aromatic N) is 1. The van der Waals surface area contributed by atoms with E-state index in [4.69, 9.17) is 11.6 Å². The van der Waals surface area contributed by atoms with Crippen molar-refractivity contribution in [3.05, 3.63) is 70.3 Å². The normalized spacial score (nSPS) is 16.0. The Bertz CT molecular complexity index is 889. The Morgan fingerprint density at radius 3 is 2.38 bits per heavy atom. The van der Waals surface area contributed by atoms with Crippen LogP contribution in [0.5, 0.6) is 0 Å². The van der Waals surface area contributed by atoms with Crippen molar-refractivity contribution in [2.45, 2.75) is 25.2 Å². The Morgan fingerprint density at radius 1 is 1.04 bits per heavy atom. The highest BCUT2D eigenvalue weighted by atomic mass is 35.5. The highest BCUT2D eigenvalue weighted by Crippen LogP contribution is 2.29. The average molecular weight is 362 g/mol. The van der Waals surface area contributed by atoms with Crippen LogP contribution in [0, 0.1) is 13.8 Å². The SMILES string of the molecule is Cc1cc(S(=O)(=O)N2CC=C(c3ccccc3)CC2)c(C)cc1Cl. The Morgan fingerprint density at radius 2 is 1.75 bits per heavy atom. The Kier molecular flexibility index (Phi) is 4.81. The van der Waals surface area contributed by atoms with Gasteiger partial charge in [0.05, 0.1) is 4.90 Å². The number of benzene rings is 2. The van der Waals surface area contributed by atoms with Crippen molar-refractivity contribution in [2.24, 2.45) is 0 Å². The summed E-state index contributed by atoms with van der Waals surface area (Å²) >= 11 is 6.09. The molecule has 0 fully saturated rings. The summed E-state index contributed by atoms with van der Waals surface area (Å²) in [6.07, 6.45) is 2.73. The van der Waals surface area contributed by atoms with E-state index in [1.54, 1.807) is 19.1 Å². The van der Waals surface area contributed by atoms with Gasteiger partial charge in [-0.05, 0) is 54.7 Å². The van der Waals surface area contributed by atoms with E-state index in [0.717, 1.165) is 17.5 Å². The lowest BCUT2D eigenvalue weighted by Crippen LogP contribution is -2.35. The van der Waals surface area contributed by atoms with Crippen LogP contribution in [0.1, 0.15) is 23.1 Å². The third-order valence-corrected chi connectivity index (χ3v) is 6.80. The molecule has 5 heteroatoms. The van der Waals surface area contributed by atoms with E-state index in [0.29, 0.717) is 28.6 Å². The molecular formula is C19H20ClNO2S. The maximum absolute atomic E-state index is 13.0. The van der Waals surface area contributed by atoms with Gasteiger partial charge in [0.1, 0.15) is 0 Å². The number of rotatable bonds is 3. The van der Waals surface area contributed by atoms with E-state index in [1.807, 2.05) is 31.2 Å². The van der Waals surface area contributed by atoms with Gasteiger partial charge in [-0.25, -0.2) is 8.42 Å². The highest BCUT2D eigenvalue weighted by molar-refractivity contribution is 7.89. The third kappa shape index (κ3) is 3.27. The molecule has 0 saturated heterocycles. The molecule has 24 heavy (non-hydrogen) atoms. The van der Waals surface area contributed by atoms with Crippen LogP contribution >= 0.6 is 11.6 Å². The highest BCUT2D eigenvalue weighted by Gasteiger charge is 2.28. The number of aryl methyl sites for hydroxylation is 2. The Labute approximate surface area is 148 Å². The summed E-state index contributed by atoms with van der Waals surface area (Å²) in [7, 11) is -3.51. The molecule has 1 aliphatic heterocycles. The fraction of sp³-hybridized carbons (Fsp3) is 0.263. The molecule has 0 amide bonds. The smallest absolute Gasteiger partial charge is 0.207 e. The molecule has 1 aliphatic rings. The minimum Gasteiger partial charge on any atom is -0.207 e. The van der Waals surface area contributed by atoms with Crippen LogP contribution in [0.4, 0.5) is 0 Å². The quantitative estimate of drug-likeness (QED) is 0.810. The van der Waals surface area contributed by atoms with Crippen LogP contribution < -0.4 is 0 Å². The van der Waals surface area contributed by atoms with Crippen LogP contribution in [0.2, 0.25) is 5.02 Å². The second-order valence-electron chi connectivity index (χ2n) is 6.08. The number of sulfonamides is 1. The zero-order chi connectivity index (χ0) is 17.3. The molecule has 0 atom stereocenters. The van der Waals surface area contributed by atoms with Gasteiger partial charge in [-0.15, -0.1) is 0 Å². The van der Waals surface area contributed by atoms with E-state index in [2.05, 4.69) is 12.1 Å². The molecule has 3 rings (SSSR count). The first-order valence-electron chi connectivity index (χ1n) is 7.91. The van der Waals surface area contributed by atoms with E-state index < -0.39 is 10.0 Å². The van der Waals surface area contributed by atoms with Crippen molar-refractivity contribution in [1.29, 1.82) is 0 Å². The maximum Gasteiger partial charge on any atom is 0.243 e. The predicted octanol–water partition coefficient (Wildman–Crippen LogP) is 4.43. The van der Waals surface area contributed by atoms with E-state index in [1.165, 1.54) is 9.88 Å². The molecule has 3 nitrogen and oxygen atoms in total. The topological polar surface area (TPSA) is 37.4 Å². The first kappa shape index (κ1) is 17.2. The minimum absolute atomic E-state index is 0.348. The molecule has 1 heterocycles. The summed E-state index contributed by atoms with van der Waals surface area (Å²) in [5, 5.41) is 0.594. The minimum atomic E-state index is -3.51. The van der Waals surface area contributed by atoms with E-state index >= 15 is 0 Å². The summed E-state index contributed by atoms with van der Waals surface area (Å²) in [5.41, 5.74) is 3.82. The van der Waals surface area contributed by atoms with Crippen LogP contribution in [-0.4, -0.2) is 25.8 Å². The van der Waals surface area contributed by atoms with Gasteiger partial charge in [0, 0.05) is 18.1 Å². The van der Waals surface area contributed by atoms with Crippen LogP contribution in [0.25, 0.3) is 5.57 Å². The van der Waals surface area contributed by atoms with Crippen molar-refractivity contribution >= 4 is 27.2 Å². The van der Waals surface area contributed by atoms with Gasteiger partial charge in [0.15, 0.2) is 0 Å². The van der Waals surface area contributed by atoms with Gasteiger partial charge >= 0.3 is 0 Å². The van der Waals surface area contributed by atoms with Gasteiger partial charge in [-0.1, -0.05) is 48.0 Å². The lowest BCUT2D eigenvalue weighted by Gasteiger charge is -2.27. The second kappa shape index (κ2) is 6.71.